The Balaban J connectivity index is 1.95. The fraction of sp³-hybridized carbons (Fsp3) is 0.273. The van der Waals surface area contributed by atoms with Crippen molar-refractivity contribution in [2.24, 2.45) is 0 Å². The Bertz CT molecular complexity index is 830. The lowest BCUT2D eigenvalue weighted by Crippen LogP contribution is -2.30. The van der Waals surface area contributed by atoms with Gasteiger partial charge in [0.2, 0.25) is 0 Å². The van der Waals surface area contributed by atoms with Crippen LogP contribution in [0.15, 0.2) is 42.5 Å². The number of hydrogen-bond acceptors (Lipinski definition) is 4. The van der Waals surface area contributed by atoms with E-state index < -0.39 is 12.1 Å². The lowest BCUT2D eigenvalue weighted by Gasteiger charge is -2.16. The molecule has 1 N–H and O–H groups in total. The van der Waals surface area contributed by atoms with E-state index in [0.717, 1.165) is 33.7 Å². The van der Waals surface area contributed by atoms with Gasteiger partial charge in [-0.1, -0.05) is 29.8 Å². The molecule has 0 aromatic heterocycles. The summed E-state index contributed by atoms with van der Waals surface area (Å²) in [5.74, 6) is -0.205. The second kappa shape index (κ2) is 9.03. The zero-order valence-corrected chi connectivity index (χ0v) is 16.3. The molecule has 0 aliphatic rings. The molecule has 0 aliphatic carbocycles. The van der Waals surface area contributed by atoms with Gasteiger partial charge < -0.3 is 14.8 Å². The zero-order valence-electron chi connectivity index (χ0n) is 16.3. The van der Waals surface area contributed by atoms with Gasteiger partial charge in [-0.15, -0.1) is 0 Å². The second-order valence-electron chi connectivity index (χ2n) is 6.45. The summed E-state index contributed by atoms with van der Waals surface area (Å²) in [5.41, 5.74) is 4.65. The van der Waals surface area contributed by atoms with Crippen LogP contribution < -0.4 is 10.1 Å². The van der Waals surface area contributed by atoms with Gasteiger partial charge in [-0.25, -0.2) is 4.79 Å². The molecule has 1 amide bonds. The van der Waals surface area contributed by atoms with Crippen LogP contribution in [0.4, 0.5) is 5.69 Å². The second-order valence-corrected chi connectivity index (χ2v) is 6.45. The first kappa shape index (κ1) is 20.2. The van der Waals surface area contributed by atoms with Gasteiger partial charge >= 0.3 is 5.97 Å². The van der Waals surface area contributed by atoms with E-state index in [1.165, 1.54) is 6.08 Å². The maximum absolute atomic E-state index is 12.4. The number of nitrogens with one attached hydrogen (secondary N) is 1. The fourth-order valence-corrected chi connectivity index (χ4v) is 2.75. The Morgan fingerprint density at radius 1 is 1.04 bits per heavy atom. The molecule has 0 saturated carbocycles. The monoisotopic (exact) mass is 367 g/mol. The molecule has 27 heavy (non-hydrogen) atoms. The molecule has 1 atom stereocenters. The standard InChI is InChI=1S/C22H25NO4/c1-14-12-15(2)21(16(3)13-14)23-22(25)17(4)27-20(24)11-8-18-6-9-19(26-5)10-7-18/h6-13,17H,1-5H3,(H,23,25)/b11-8+/t17-/m1/s1. The van der Waals surface area contributed by atoms with Gasteiger partial charge in [0, 0.05) is 11.8 Å². The van der Waals surface area contributed by atoms with E-state index in [1.807, 2.05) is 45.0 Å². The Hall–Kier alpha value is -3.08. The highest BCUT2D eigenvalue weighted by Crippen LogP contribution is 2.22. The number of rotatable bonds is 6. The van der Waals surface area contributed by atoms with Crippen LogP contribution in [0.1, 0.15) is 29.2 Å². The molecule has 5 heteroatoms. The van der Waals surface area contributed by atoms with E-state index >= 15 is 0 Å². The molecular weight excluding hydrogens is 342 g/mol. The van der Waals surface area contributed by atoms with E-state index in [4.69, 9.17) is 9.47 Å². The highest BCUT2D eigenvalue weighted by molar-refractivity contribution is 5.97. The summed E-state index contributed by atoms with van der Waals surface area (Å²) in [5, 5.41) is 2.84. The van der Waals surface area contributed by atoms with Crippen LogP contribution in [0.5, 0.6) is 5.75 Å². The lowest BCUT2D eigenvalue weighted by molar-refractivity contribution is -0.148. The minimum absolute atomic E-state index is 0.365. The van der Waals surface area contributed by atoms with Crippen LogP contribution in [0, 0.1) is 20.8 Å². The van der Waals surface area contributed by atoms with Crippen molar-refractivity contribution in [1.29, 1.82) is 0 Å². The van der Waals surface area contributed by atoms with Gasteiger partial charge in [0.15, 0.2) is 6.10 Å². The number of anilines is 1. The molecule has 142 valence electrons. The number of amides is 1. The van der Waals surface area contributed by atoms with Crippen LogP contribution in [0.2, 0.25) is 0 Å². The Morgan fingerprint density at radius 3 is 2.19 bits per heavy atom. The van der Waals surface area contributed by atoms with Crippen molar-refractivity contribution in [1.82, 2.24) is 0 Å². The highest BCUT2D eigenvalue weighted by atomic mass is 16.5. The first-order valence-electron chi connectivity index (χ1n) is 8.71. The van der Waals surface area contributed by atoms with Crippen molar-refractivity contribution in [3.05, 3.63) is 64.7 Å². The summed E-state index contributed by atoms with van der Waals surface area (Å²) in [7, 11) is 1.59. The van der Waals surface area contributed by atoms with Crippen LogP contribution in [0.25, 0.3) is 6.08 Å². The first-order valence-corrected chi connectivity index (χ1v) is 8.71. The van der Waals surface area contributed by atoms with Crippen molar-refractivity contribution in [2.75, 3.05) is 12.4 Å². The molecular formula is C22H25NO4. The topological polar surface area (TPSA) is 64.6 Å². The normalized spacial score (nSPS) is 11.9. The lowest BCUT2D eigenvalue weighted by atomic mass is 10.0. The predicted octanol–water partition coefficient (Wildman–Crippen LogP) is 4.20. The van der Waals surface area contributed by atoms with Crippen molar-refractivity contribution in [3.63, 3.8) is 0 Å². The van der Waals surface area contributed by atoms with Crippen LogP contribution in [-0.2, 0) is 14.3 Å². The number of carbonyl (C=O) groups excluding carboxylic acids is 2. The third-order valence-electron chi connectivity index (χ3n) is 4.12. The molecule has 0 spiro atoms. The predicted molar refractivity (Wildman–Crippen MR) is 107 cm³/mol. The highest BCUT2D eigenvalue weighted by Gasteiger charge is 2.18. The number of hydrogen-bond donors (Lipinski definition) is 1. The summed E-state index contributed by atoms with van der Waals surface area (Å²) in [6, 6.07) is 11.2. The van der Waals surface area contributed by atoms with E-state index in [1.54, 1.807) is 32.2 Å². The van der Waals surface area contributed by atoms with E-state index in [9.17, 15) is 9.59 Å². The van der Waals surface area contributed by atoms with Crippen molar-refractivity contribution >= 4 is 23.6 Å². The van der Waals surface area contributed by atoms with Gasteiger partial charge in [-0.2, -0.15) is 0 Å². The number of ether oxygens (including phenoxy) is 2. The maximum atomic E-state index is 12.4. The van der Waals surface area contributed by atoms with Gasteiger partial charge in [0.05, 0.1) is 7.11 Å². The maximum Gasteiger partial charge on any atom is 0.331 e. The van der Waals surface area contributed by atoms with Crippen LogP contribution >= 0.6 is 0 Å². The summed E-state index contributed by atoms with van der Waals surface area (Å²) in [6.45, 7) is 7.42. The summed E-state index contributed by atoms with van der Waals surface area (Å²) < 4.78 is 10.3. The SMILES string of the molecule is COc1ccc(/C=C/C(=O)O[C@H](C)C(=O)Nc2c(C)cc(C)cc2C)cc1. The first-order chi connectivity index (χ1) is 12.8. The van der Waals surface area contributed by atoms with Gasteiger partial charge in [0.25, 0.3) is 5.91 Å². The molecule has 2 aromatic carbocycles. The summed E-state index contributed by atoms with van der Waals surface area (Å²) in [6.07, 6.45) is 2.02. The average Bonchev–Trinajstić information content (AvgIpc) is 2.63. The number of benzene rings is 2. The number of esters is 1. The minimum atomic E-state index is -0.905. The molecule has 0 fully saturated rings. The molecule has 0 bridgehead atoms. The zero-order chi connectivity index (χ0) is 20.0. The Kier molecular flexibility index (Phi) is 6.77. The number of carbonyl (C=O) groups is 2. The number of aryl methyl sites for hydroxylation is 3. The largest absolute Gasteiger partial charge is 0.497 e. The summed E-state index contributed by atoms with van der Waals surface area (Å²) in [4.78, 5) is 24.3. The fourth-order valence-electron chi connectivity index (χ4n) is 2.75. The molecule has 0 heterocycles. The van der Waals surface area contributed by atoms with E-state index in [0.29, 0.717) is 0 Å². The Morgan fingerprint density at radius 2 is 1.63 bits per heavy atom. The molecule has 5 nitrogen and oxygen atoms in total. The Labute approximate surface area is 160 Å². The van der Waals surface area contributed by atoms with E-state index in [-0.39, 0.29) is 5.91 Å². The molecule has 0 unspecified atom stereocenters. The molecule has 0 saturated heterocycles. The third kappa shape index (κ3) is 5.71. The van der Waals surface area contributed by atoms with E-state index in [2.05, 4.69) is 5.32 Å². The smallest absolute Gasteiger partial charge is 0.331 e. The molecule has 2 rings (SSSR count). The molecule has 0 aliphatic heterocycles. The van der Waals surface area contributed by atoms with Crippen LogP contribution in [-0.4, -0.2) is 25.1 Å². The van der Waals surface area contributed by atoms with Crippen molar-refractivity contribution in [2.45, 2.75) is 33.8 Å². The molecule has 2 aromatic rings. The van der Waals surface area contributed by atoms with Gasteiger partial charge in [-0.3, -0.25) is 4.79 Å². The minimum Gasteiger partial charge on any atom is -0.497 e. The van der Waals surface area contributed by atoms with Gasteiger partial charge in [0.1, 0.15) is 5.75 Å². The average molecular weight is 367 g/mol. The summed E-state index contributed by atoms with van der Waals surface area (Å²) >= 11 is 0. The quantitative estimate of drug-likeness (QED) is 0.614. The number of methoxy groups -OCH3 is 1. The third-order valence-corrected chi connectivity index (χ3v) is 4.12. The van der Waals surface area contributed by atoms with Crippen molar-refractivity contribution < 1.29 is 19.1 Å². The van der Waals surface area contributed by atoms with Crippen LogP contribution in [0.3, 0.4) is 0 Å². The molecule has 0 radical (unpaired) electrons. The van der Waals surface area contributed by atoms with Gasteiger partial charge in [-0.05, 0) is 62.6 Å². The van der Waals surface area contributed by atoms with Crippen molar-refractivity contribution in [3.8, 4) is 5.75 Å².